The lowest BCUT2D eigenvalue weighted by Gasteiger charge is -2.15. The Morgan fingerprint density at radius 1 is 1.28 bits per heavy atom. The third-order valence-corrected chi connectivity index (χ3v) is 4.54. The average molecular weight is 336 g/mol. The molecule has 1 N–H and O–H groups in total. The summed E-state index contributed by atoms with van der Waals surface area (Å²) in [6.45, 7) is 2.26. The molecule has 0 bridgehead atoms. The molecule has 7 nitrogen and oxygen atoms in total. The van der Waals surface area contributed by atoms with Gasteiger partial charge < -0.3 is 5.32 Å². The Hall–Kier alpha value is -2.96. The summed E-state index contributed by atoms with van der Waals surface area (Å²) in [6, 6.07) is 11.9. The molecular weight excluding hydrogens is 316 g/mol. The standard InChI is InChI=1S/C18H20N6O/c1-13(14-7-8-14)24-17(9-10-19-24)20-18(25)12-23-11-16(21-22-23)15-5-3-2-4-6-15/h2-6,9-11,13-14H,7-8,12H2,1H3,(H,20,25)/t13-/m0/s1. The van der Waals surface area contributed by atoms with Gasteiger partial charge in [0.05, 0.1) is 18.4 Å². The molecule has 4 rings (SSSR count). The SMILES string of the molecule is C[C@@H](C1CC1)n1nccc1NC(=O)Cn1cc(-c2ccccc2)nn1. The Morgan fingerprint density at radius 2 is 2.08 bits per heavy atom. The van der Waals surface area contributed by atoms with Crippen LogP contribution in [0.2, 0.25) is 0 Å². The average Bonchev–Trinajstić information content (AvgIpc) is 3.21. The quantitative estimate of drug-likeness (QED) is 0.751. The molecule has 25 heavy (non-hydrogen) atoms. The highest BCUT2D eigenvalue weighted by atomic mass is 16.2. The van der Waals surface area contributed by atoms with Crippen molar-refractivity contribution in [1.82, 2.24) is 24.8 Å². The number of carbonyl (C=O) groups excluding carboxylic acids is 1. The zero-order chi connectivity index (χ0) is 17.2. The highest BCUT2D eigenvalue weighted by molar-refractivity contribution is 5.89. The first-order valence-corrected chi connectivity index (χ1v) is 8.49. The van der Waals surface area contributed by atoms with E-state index < -0.39 is 0 Å². The summed E-state index contributed by atoms with van der Waals surface area (Å²) in [5.74, 6) is 1.25. The Morgan fingerprint density at radius 3 is 2.84 bits per heavy atom. The molecule has 0 unspecified atom stereocenters. The summed E-state index contributed by atoms with van der Waals surface area (Å²) in [6.07, 6.45) is 5.96. The number of anilines is 1. The Balaban J connectivity index is 1.41. The van der Waals surface area contributed by atoms with Crippen LogP contribution in [0.15, 0.2) is 48.8 Å². The van der Waals surface area contributed by atoms with Crippen LogP contribution in [0.3, 0.4) is 0 Å². The molecule has 1 aliphatic rings. The molecule has 3 aromatic rings. The van der Waals surface area contributed by atoms with Crippen molar-refractivity contribution in [2.24, 2.45) is 5.92 Å². The number of benzene rings is 1. The van der Waals surface area contributed by atoms with Crippen molar-refractivity contribution in [1.29, 1.82) is 0 Å². The fourth-order valence-corrected chi connectivity index (χ4v) is 2.96. The molecule has 1 aromatic carbocycles. The van der Waals surface area contributed by atoms with Gasteiger partial charge in [-0.05, 0) is 25.7 Å². The van der Waals surface area contributed by atoms with Crippen LogP contribution >= 0.6 is 0 Å². The number of hydrogen-bond donors (Lipinski definition) is 1. The maximum Gasteiger partial charge on any atom is 0.247 e. The van der Waals surface area contributed by atoms with E-state index in [9.17, 15) is 4.79 Å². The smallest absolute Gasteiger partial charge is 0.247 e. The molecule has 0 aliphatic heterocycles. The van der Waals surface area contributed by atoms with Crippen LogP contribution in [0.1, 0.15) is 25.8 Å². The topological polar surface area (TPSA) is 77.6 Å². The number of rotatable bonds is 6. The van der Waals surface area contributed by atoms with Gasteiger partial charge in [0.25, 0.3) is 0 Å². The molecule has 2 heterocycles. The number of carbonyl (C=O) groups is 1. The molecule has 0 radical (unpaired) electrons. The summed E-state index contributed by atoms with van der Waals surface area (Å²) in [4.78, 5) is 12.3. The molecule has 7 heteroatoms. The van der Waals surface area contributed by atoms with Crippen molar-refractivity contribution in [3.63, 3.8) is 0 Å². The molecule has 1 fully saturated rings. The third-order valence-electron chi connectivity index (χ3n) is 4.54. The predicted molar refractivity (Wildman–Crippen MR) is 93.7 cm³/mol. The summed E-state index contributed by atoms with van der Waals surface area (Å²) in [7, 11) is 0. The number of nitrogens with one attached hydrogen (secondary N) is 1. The van der Waals surface area contributed by atoms with Crippen LogP contribution in [0.4, 0.5) is 5.82 Å². The number of aromatic nitrogens is 5. The van der Waals surface area contributed by atoms with E-state index in [1.165, 1.54) is 12.8 Å². The van der Waals surface area contributed by atoms with E-state index in [0.717, 1.165) is 17.1 Å². The van der Waals surface area contributed by atoms with Crippen LogP contribution in [0.5, 0.6) is 0 Å². The molecule has 0 spiro atoms. The monoisotopic (exact) mass is 336 g/mol. The van der Waals surface area contributed by atoms with E-state index in [4.69, 9.17) is 0 Å². The van der Waals surface area contributed by atoms with Crippen LogP contribution in [0, 0.1) is 5.92 Å². The van der Waals surface area contributed by atoms with Crippen LogP contribution < -0.4 is 5.32 Å². The fourth-order valence-electron chi connectivity index (χ4n) is 2.96. The predicted octanol–water partition coefficient (Wildman–Crippen LogP) is 2.75. The van der Waals surface area contributed by atoms with Gasteiger partial charge in [0, 0.05) is 11.6 Å². The molecule has 1 saturated carbocycles. The lowest BCUT2D eigenvalue weighted by Crippen LogP contribution is -2.22. The van der Waals surface area contributed by atoms with Gasteiger partial charge in [-0.15, -0.1) is 5.10 Å². The molecule has 1 aliphatic carbocycles. The molecule has 1 atom stereocenters. The maximum atomic E-state index is 12.3. The van der Waals surface area contributed by atoms with Gasteiger partial charge in [-0.25, -0.2) is 9.36 Å². The maximum absolute atomic E-state index is 12.3. The normalized spacial score (nSPS) is 15.1. The second-order valence-electron chi connectivity index (χ2n) is 6.45. The first-order valence-electron chi connectivity index (χ1n) is 8.49. The second kappa shape index (κ2) is 6.51. The summed E-state index contributed by atoms with van der Waals surface area (Å²) < 4.78 is 3.44. The molecule has 0 saturated heterocycles. The van der Waals surface area contributed by atoms with Gasteiger partial charge in [0.2, 0.25) is 5.91 Å². The highest BCUT2D eigenvalue weighted by Gasteiger charge is 2.30. The lowest BCUT2D eigenvalue weighted by atomic mass is 10.2. The van der Waals surface area contributed by atoms with Gasteiger partial charge in [-0.1, -0.05) is 35.5 Å². The number of amides is 1. The van der Waals surface area contributed by atoms with E-state index in [2.05, 4.69) is 27.7 Å². The summed E-state index contributed by atoms with van der Waals surface area (Å²) in [5, 5.41) is 15.4. The fraction of sp³-hybridized carbons (Fsp3) is 0.333. The van der Waals surface area contributed by atoms with E-state index in [-0.39, 0.29) is 12.5 Å². The van der Waals surface area contributed by atoms with E-state index in [1.807, 2.05) is 41.1 Å². The van der Waals surface area contributed by atoms with Crippen LogP contribution in [-0.4, -0.2) is 30.7 Å². The number of hydrogen-bond acceptors (Lipinski definition) is 4. The number of nitrogens with zero attached hydrogens (tertiary/aromatic N) is 5. The second-order valence-corrected chi connectivity index (χ2v) is 6.45. The Labute approximate surface area is 145 Å². The van der Waals surface area contributed by atoms with Gasteiger partial charge in [-0.3, -0.25) is 4.79 Å². The highest BCUT2D eigenvalue weighted by Crippen LogP contribution is 2.40. The van der Waals surface area contributed by atoms with Gasteiger partial charge in [0.1, 0.15) is 18.1 Å². The van der Waals surface area contributed by atoms with Crippen molar-refractivity contribution >= 4 is 11.7 Å². The van der Waals surface area contributed by atoms with Crippen molar-refractivity contribution in [2.75, 3.05) is 5.32 Å². The minimum Gasteiger partial charge on any atom is -0.309 e. The molecular formula is C18H20N6O. The minimum atomic E-state index is -0.144. The molecule has 128 valence electrons. The minimum absolute atomic E-state index is 0.114. The molecule has 2 aromatic heterocycles. The zero-order valence-corrected chi connectivity index (χ0v) is 14.0. The van der Waals surface area contributed by atoms with Crippen LogP contribution in [0.25, 0.3) is 11.3 Å². The van der Waals surface area contributed by atoms with Gasteiger partial charge in [-0.2, -0.15) is 5.10 Å². The van der Waals surface area contributed by atoms with Gasteiger partial charge >= 0.3 is 0 Å². The third kappa shape index (κ3) is 3.45. The van der Waals surface area contributed by atoms with Crippen molar-refractivity contribution < 1.29 is 4.79 Å². The van der Waals surface area contributed by atoms with E-state index in [0.29, 0.717) is 12.0 Å². The summed E-state index contributed by atoms with van der Waals surface area (Å²) >= 11 is 0. The first-order chi connectivity index (χ1) is 12.2. The van der Waals surface area contributed by atoms with Crippen LogP contribution in [-0.2, 0) is 11.3 Å². The summed E-state index contributed by atoms with van der Waals surface area (Å²) in [5.41, 5.74) is 1.73. The van der Waals surface area contributed by atoms with E-state index in [1.54, 1.807) is 17.1 Å². The van der Waals surface area contributed by atoms with Crippen molar-refractivity contribution in [2.45, 2.75) is 32.4 Å². The Kier molecular flexibility index (Phi) is 4.05. The van der Waals surface area contributed by atoms with E-state index >= 15 is 0 Å². The largest absolute Gasteiger partial charge is 0.309 e. The Bertz CT molecular complexity index is 865. The van der Waals surface area contributed by atoms with Crippen molar-refractivity contribution in [3.05, 3.63) is 48.8 Å². The molecule has 1 amide bonds. The zero-order valence-electron chi connectivity index (χ0n) is 14.0. The first kappa shape index (κ1) is 15.6. The van der Waals surface area contributed by atoms with Crippen molar-refractivity contribution in [3.8, 4) is 11.3 Å². The van der Waals surface area contributed by atoms with Gasteiger partial charge in [0.15, 0.2) is 0 Å². The lowest BCUT2D eigenvalue weighted by molar-refractivity contribution is -0.117.